The molecule has 3 rings (SSSR count). The van der Waals surface area contributed by atoms with Crippen molar-refractivity contribution in [3.8, 4) is 0 Å². The Morgan fingerprint density at radius 2 is 1.59 bits per heavy atom. The zero-order valence-electron chi connectivity index (χ0n) is 18.1. The Balaban J connectivity index is 1.86. The van der Waals surface area contributed by atoms with Crippen LogP contribution in [0.25, 0.3) is 0 Å². The molecule has 0 fully saturated rings. The molecule has 2 aromatic rings. The maximum absolute atomic E-state index is 12.9. The van der Waals surface area contributed by atoms with E-state index in [1.54, 1.807) is 13.1 Å². The Kier molecular flexibility index (Phi) is 6.42. The van der Waals surface area contributed by atoms with Gasteiger partial charge in [0.05, 0.1) is 35.2 Å². The van der Waals surface area contributed by atoms with E-state index < -0.39 is 20.0 Å². The zero-order valence-corrected chi connectivity index (χ0v) is 19.7. The number of carbonyl (C=O) groups is 1. The van der Waals surface area contributed by atoms with Crippen molar-refractivity contribution in [2.24, 2.45) is 5.10 Å². The molecule has 1 aliphatic heterocycles. The van der Waals surface area contributed by atoms with Crippen molar-refractivity contribution in [2.75, 3.05) is 26.5 Å². The highest BCUT2D eigenvalue weighted by molar-refractivity contribution is 8.09. The van der Waals surface area contributed by atoms with Crippen molar-refractivity contribution in [2.45, 2.75) is 20.3 Å². The van der Waals surface area contributed by atoms with E-state index in [1.807, 2.05) is 31.2 Å². The van der Waals surface area contributed by atoms with Gasteiger partial charge in [0, 0.05) is 11.9 Å². The minimum absolute atomic E-state index is 0.0558. The molecule has 0 atom stereocenters. The second kappa shape index (κ2) is 8.75. The Morgan fingerprint density at radius 3 is 2.16 bits per heavy atom. The number of nitrogens with one attached hydrogen (secondary N) is 1. The van der Waals surface area contributed by atoms with Gasteiger partial charge in [-0.25, -0.2) is 16.8 Å². The number of hydrogen-bond acceptors (Lipinski definition) is 7. The Labute approximate surface area is 188 Å². The fourth-order valence-corrected chi connectivity index (χ4v) is 6.30. The lowest BCUT2D eigenvalue weighted by Gasteiger charge is -2.20. The molecule has 0 unspecified atom stereocenters. The first-order valence-electron chi connectivity index (χ1n) is 9.68. The van der Waals surface area contributed by atoms with Gasteiger partial charge in [0.1, 0.15) is 0 Å². The summed E-state index contributed by atoms with van der Waals surface area (Å²) in [6.07, 6.45) is 4.06. The lowest BCUT2D eigenvalue weighted by atomic mass is 10.1. The lowest BCUT2D eigenvalue weighted by molar-refractivity contribution is -0.114. The monoisotopic (exact) mass is 476 g/mol. The molecule has 9 nitrogen and oxygen atoms in total. The number of aryl methyl sites for hydroxylation is 1. The van der Waals surface area contributed by atoms with Crippen LogP contribution in [0.5, 0.6) is 0 Å². The minimum atomic E-state index is -4.06. The molecule has 32 heavy (non-hydrogen) atoms. The highest BCUT2D eigenvalue weighted by Crippen LogP contribution is 2.28. The molecule has 0 aliphatic carbocycles. The van der Waals surface area contributed by atoms with Crippen LogP contribution in [0, 0.1) is 0 Å². The van der Waals surface area contributed by atoms with E-state index in [0.717, 1.165) is 30.2 Å². The van der Waals surface area contributed by atoms with Crippen LogP contribution in [0.3, 0.4) is 0 Å². The molecule has 11 heteroatoms. The summed E-state index contributed by atoms with van der Waals surface area (Å²) in [5.41, 5.74) is 3.21. The minimum Gasteiger partial charge on any atom is -0.361 e. The van der Waals surface area contributed by atoms with Gasteiger partial charge in [0.25, 0.3) is 5.91 Å². The highest BCUT2D eigenvalue weighted by Gasteiger charge is 2.30. The third kappa shape index (κ3) is 4.83. The van der Waals surface area contributed by atoms with Crippen LogP contribution in [-0.2, 0) is 31.3 Å². The van der Waals surface area contributed by atoms with Crippen LogP contribution in [0.1, 0.15) is 19.4 Å². The fraction of sp³-hybridized carbons (Fsp3) is 0.238. The molecule has 1 N–H and O–H groups in total. The number of amides is 1. The molecule has 170 valence electrons. The van der Waals surface area contributed by atoms with Crippen molar-refractivity contribution >= 4 is 48.7 Å². The van der Waals surface area contributed by atoms with Crippen molar-refractivity contribution in [1.29, 1.82) is 0 Å². The highest BCUT2D eigenvalue weighted by atomic mass is 32.3. The molecule has 2 aromatic carbocycles. The topological polar surface area (TPSA) is 116 Å². The van der Waals surface area contributed by atoms with E-state index in [0.29, 0.717) is 20.7 Å². The summed E-state index contributed by atoms with van der Waals surface area (Å²) in [4.78, 5) is 12.9. The summed E-state index contributed by atoms with van der Waals surface area (Å²) in [5.74, 6) is -0.361. The summed E-state index contributed by atoms with van der Waals surface area (Å²) in [6.45, 7) is 3.75. The van der Waals surface area contributed by atoms with E-state index in [1.165, 1.54) is 29.3 Å². The van der Waals surface area contributed by atoms with E-state index in [4.69, 9.17) is 0 Å². The predicted molar refractivity (Wildman–Crippen MR) is 127 cm³/mol. The Morgan fingerprint density at radius 1 is 1.00 bits per heavy atom. The van der Waals surface area contributed by atoms with Crippen molar-refractivity contribution in [3.63, 3.8) is 0 Å². The standard InChI is InChI=1S/C21H24N4O5S2/c1-5-16-8-6-7-9-20(16)22-14-19-15(2)23-24(21(19)26)17-10-12-18(13-11-17)25(31(3,27)28)32(4,29)30/h6-14,22H,5H2,1-4H3/b19-14+. The third-order valence-corrected chi connectivity index (χ3v) is 7.99. The molecule has 0 saturated carbocycles. The van der Waals surface area contributed by atoms with E-state index in [2.05, 4.69) is 10.4 Å². The number of nitrogens with zero attached hydrogens (tertiary/aromatic N) is 3. The Hall–Kier alpha value is -3.18. The van der Waals surface area contributed by atoms with Gasteiger partial charge < -0.3 is 5.32 Å². The third-order valence-electron chi connectivity index (χ3n) is 4.74. The van der Waals surface area contributed by atoms with Gasteiger partial charge in [-0.2, -0.15) is 13.8 Å². The number of benzene rings is 2. The molecular weight excluding hydrogens is 452 g/mol. The molecule has 1 amide bonds. The number of hydrogen-bond donors (Lipinski definition) is 1. The fourth-order valence-electron chi connectivity index (χ4n) is 3.32. The Bertz CT molecular complexity index is 1280. The number of carbonyl (C=O) groups excluding carboxylic acids is 1. The molecular formula is C21H24N4O5S2. The second-order valence-electron chi connectivity index (χ2n) is 7.25. The first-order chi connectivity index (χ1) is 14.9. The summed E-state index contributed by atoms with van der Waals surface area (Å²) in [6, 6.07) is 13.3. The molecule has 0 aromatic heterocycles. The quantitative estimate of drug-likeness (QED) is 0.614. The summed E-state index contributed by atoms with van der Waals surface area (Å²) >= 11 is 0. The van der Waals surface area contributed by atoms with Crippen LogP contribution in [0.4, 0.5) is 17.1 Å². The summed E-state index contributed by atoms with van der Waals surface area (Å²) in [5, 5.41) is 8.64. The largest absolute Gasteiger partial charge is 0.361 e. The average molecular weight is 477 g/mol. The van der Waals surface area contributed by atoms with Gasteiger partial charge in [0.15, 0.2) is 0 Å². The van der Waals surface area contributed by atoms with E-state index in [9.17, 15) is 21.6 Å². The van der Waals surface area contributed by atoms with Crippen molar-refractivity contribution in [3.05, 3.63) is 65.9 Å². The first kappa shape index (κ1) is 23.5. The van der Waals surface area contributed by atoms with Crippen LogP contribution >= 0.6 is 0 Å². The zero-order chi connectivity index (χ0) is 23.7. The molecule has 0 spiro atoms. The number of rotatable bonds is 7. The normalized spacial score (nSPS) is 15.8. The van der Waals surface area contributed by atoms with Crippen LogP contribution in [0.15, 0.2) is 65.4 Å². The van der Waals surface area contributed by atoms with Gasteiger partial charge in [-0.05, 0) is 49.2 Å². The summed E-state index contributed by atoms with van der Waals surface area (Å²) in [7, 11) is -8.11. The van der Waals surface area contributed by atoms with Crippen molar-refractivity contribution in [1.82, 2.24) is 0 Å². The van der Waals surface area contributed by atoms with Gasteiger partial charge in [-0.3, -0.25) is 4.79 Å². The smallest absolute Gasteiger partial charge is 0.282 e. The van der Waals surface area contributed by atoms with Gasteiger partial charge in [0.2, 0.25) is 20.0 Å². The predicted octanol–water partition coefficient (Wildman–Crippen LogP) is 2.69. The number of hydrazone groups is 1. The number of anilines is 3. The van der Waals surface area contributed by atoms with E-state index >= 15 is 0 Å². The van der Waals surface area contributed by atoms with Gasteiger partial charge >= 0.3 is 0 Å². The van der Waals surface area contributed by atoms with E-state index in [-0.39, 0.29) is 11.6 Å². The van der Waals surface area contributed by atoms with Crippen LogP contribution in [0.2, 0.25) is 0 Å². The number of sulfonamides is 2. The van der Waals surface area contributed by atoms with Gasteiger partial charge in [-0.1, -0.05) is 25.1 Å². The molecule has 1 heterocycles. The summed E-state index contributed by atoms with van der Waals surface area (Å²) < 4.78 is 48.1. The molecule has 0 saturated heterocycles. The lowest BCUT2D eigenvalue weighted by Crippen LogP contribution is -2.35. The SMILES string of the molecule is CCc1ccccc1N/C=C1/C(=O)N(c2ccc(N(S(C)(=O)=O)S(C)(=O)=O)cc2)N=C1C. The molecule has 0 radical (unpaired) electrons. The maximum Gasteiger partial charge on any atom is 0.282 e. The van der Waals surface area contributed by atoms with Crippen molar-refractivity contribution < 1.29 is 21.6 Å². The van der Waals surface area contributed by atoms with Gasteiger partial charge in [-0.15, -0.1) is 0 Å². The maximum atomic E-state index is 12.9. The van der Waals surface area contributed by atoms with Crippen LogP contribution < -0.4 is 14.0 Å². The second-order valence-corrected chi connectivity index (χ2v) is 11.1. The molecule has 1 aliphatic rings. The average Bonchev–Trinajstić information content (AvgIpc) is 2.98. The van der Waals surface area contributed by atoms with Crippen LogP contribution in [-0.4, -0.2) is 41.0 Å². The molecule has 0 bridgehead atoms. The number of para-hydroxylation sites is 1. The first-order valence-corrected chi connectivity index (χ1v) is 13.4.